The van der Waals surface area contributed by atoms with Gasteiger partial charge < -0.3 is 10.4 Å². The second-order valence-electron chi connectivity index (χ2n) is 6.81. The molecule has 3 heteroatoms. The molecule has 0 aromatic rings. The van der Waals surface area contributed by atoms with E-state index in [2.05, 4.69) is 5.32 Å². The number of carbonyl (C=O) groups excluding carboxylic acids is 1. The Bertz CT molecular complexity index is 304. The molecule has 0 radical (unpaired) electrons. The number of aliphatic hydroxyl groups excluding tert-OH is 1. The highest BCUT2D eigenvalue weighted by Gasteiger charge is 2.51. The largest absolute Gasteiger partial charge is 0.392 e. The topological polar surface area (TPSA) is 49.3 Å². The van der Waals surface area contributed by atoms with Gasteiger partial charge >= 0.3 is 0 Å². The van der Waals surface area contributed by atoms with E-state index in [-0.39, 0.29) is 28.9 Å². The van der Waals surface area contributed by atoms with Crippen molar-refractivity contribution in [3.05, 3.63) is 0 Å². The lowest BCUT2D eigenvalue weighted by molar-refractivity contribution is -0.130. The first kappa shape index (κ1) is 12.9. The minimum atomic E-state index is -0.340. The monoisotopic (exact) mass is 239 g/mol. The van der Waals surface area contributed by atoms with Crippen LogP contribution in [0.25, 0.3) is 0 Å². The molecule has 17 heavy (non-hydrogen) atoms. The summed E-state index contributed by atoms with van der Waals surface area (Å²) in [5.74, 6) is 0.114. The van der Waals surface area contributed by atoms with Gasteiger partial charge in [-0.25, -0.2) is 0 Å². The summed E-state index contributed by atoms with van der Waals surface area (Å²) in [5, 5.41) is 13.4. The van der Waals surface area contributed by atoms with Crippen molar-refractivity contribution in [2.24, 2.45) is 10.8 Å². The fraction of sp³-hybridized carbons (Fsp3) is 0.929. The number of aliphatic hydroxyl groups is 1. The Hall–Kier alpha value is -0.570. The van der Waals surface area contributed by atoms with Crippen molar-refractivity contribution in [3.63, 3.8) is 0 Å². The summed E-state index contributed by atoms with van der Waals surface area (Å²) in [7, 11) is 0. The van der Waals surface area contributed by atoms with Gasteiger partial charge in [-0.15, -0.1) is 0 Å². The molecule has 98 valence electrons. The minimum absolute atomic E-state index is 0.0130. The van der Waals surface area contributed by atoms with E-state index in [1.807, 2.05) is 20.8 Å². The van der Waals surface area contributed by atoms with Crippen LogP contribution in [0, 0.1) is 10.8 Å². The maximum atomic E-state index is 12.1. The van der Waals surface area contributed by atoms with Crippen LogP contribution in [0.5, 0.6) is 0 Å². The summed E-state index contributed by atoms with van der Waals surface area (Å²) in [5.41, 5.74) is -0.353. The predicted molar refractivity (Wildman–Crippen MR) is 67.5 cm³/mol. The van der Waals surface area contributed by atoms with Crippen LogP contribution in [0.3, 0.4) is 0 Å². The van der Waals surface area contributed by atoms with Crippen LogP contribution in [0.4, 0.5) is 0 Å². The van der Waals surface area contributed by atoms with Crippen molar-refractivity contribution in [3.8, 4) is 0 Å². The Labute approximate surface area is 104 Å². The van der Waals surface area contributed by atoms with Gasteiger partial charge in [-0.3, -0.25) is 4.79 Å². The number of nitrogens with one attached hydrogen (secondary N) is 1. The summed E-state index contributed by atoms with van der Waals surface area (Å²) in [6.45, 7) is 5.82. The van der Waals surface area contributed by atoms with Gasteiger partial charge in [0.2, 0.25) is 5.91 Å². The summed E-state index contributed by atoms with van der Waals surface area (Å²) in [4.78, 5) is 12.1. The van der Waals surface area contributed by atoms with Crippen LogP contribution in [0.2, 0.25) is 0 Å². The summed E-state index contributed by atoms with van der Waals surface area (Å²) >= 11 is 0. The molecule has 3 nitrogen and oxygen atoms in total. The maximum Gasteiger partial charge on any atom is 0.225 e. The Morgan fingerprint density at radius 3 is 2.35 bits per heavy atom. The molecule has 0 aromatic heterocycles. The molecule has 2 saturated carbocycles. The number of hydrogen-bond acceptors (Lipinski definition) is 2. The van der Waals surface area contributed by atoms with E-state index in [1.54, 1.807) is 0 Å². The molecule has 2 aliphatic rings. The predicted octanol–water partition coefficient (Wildman–Crippen LogP) is 2.23. The van der Waals surface area contributed by atoms with Gasteiger partial charge in [0, 0.05) is 16.9 Å². The minimum Gasteiger partial charge on any atom is -0.392 e. The van der Waals surface area contributed by atoms with Crippen molar-refractivity contribution >= 4 is 5.91 Å². The van der Waals surface area contributed by atoms with Crippen LogP contribution in [-0.2, 0) is 4.79 Å². The van der Waals surface area contributed by atoms with Gasteiger partial charge in [-0.05, 0) is 25.7 Å². The highest BCUT2D eigenvalue weighted by molar-refractivity contribution is 5.81. The lowest BCUT2D eigenvalue weighted by atomic mass is 9.78. The second kappa shape index (κ2) is 4.27. The number of hydrogen-bond donors (Lipinski definition) is 2. The zero-order valence-corrected chi connectivity index (χ0v) is 11.3. The molecule has 0 unspecified atom stereocenters. The third-order valence-corrected chi connectivity index (χ3v) is 4.60. The molecule has 0 saturated heterocycles. The highest BCUT2D eigenvalue weighted by atomic mass is 16.3. The van der Waals surface area contributed by atoms with Crippen molar-refractivity contribution in [1.82, 2.24) is 5.32 Å². The molecule has 0 bridgehead atoms. The molecular formula is C14H25NO2. The first-order chi connectivity index (χ1) is 7.86. The van der Waals surface area contributed by atoms with Crippen LogP contribution < -0.4 is 5.32 Å². The summed E-state index contributed by atoms with van der Waals surface area (Å²) in [6, 6.07) is 0.187. The molecule has 2 rings (SSSR count). The van der Waals surface area contributed by atoms with Crippen LogP contribution in [-0.4, -0.2) is 23.2 Å². The smallest absolute Gasteiger partial charge is 0.225 e. The first-order valence-corrected chi connectivity index (χ1v) is 6.85. The standard InChI is InChI=1S/C14H25NO2/c1-13(2,3)12(17)15-10-6-4-8-14(10)9-5-7-11(14)16/h10-11,16H,4-9H2,1-3H3,(H,15,17)/t10-,11-,14-/m0/s1. The van der Waals surface area contributed by atoms with Gasteiger partial charge in [0.1, 0.15) is 0 Å². The molecule has 0 aliphatic heterocycles. The van der Waals surface area contributed by atoms with E-state index >= 15 is 0 Å². The third kappa shape index (κ3) is 2.22. The number of rotatable bonds is 1. The Kier molecular flexibility index (Phi) is 3.23. The van der Waals surface area contributed by atoms with E-state index in [1.165, 1.54) is 0 Å². The lowest BCUT2D eigenvalue weighted by Gasteiger charge is -2.36. The normalized spacial score (nSPS) is 37.6. The van der Waals surface area contributed by atoms with Crippen molar-refractivity contribution in [2.45, 2.75) is 71.4 Å². The fourth-order valence-corrected chi connectivity index (χ4v) is 3.46. The van der Waals surface area contributed by atoms with Gasteiger partial charge in [0.25, 0.3) is 0 Å². The van der Waals surface area contributed by atoms with E-state index in [0.717, 1.165) is 38.5 Å². The van der Waals surface area contributed by atoms with Crippen LogP contribution >= 0.6 is 0 Å². The quantitative estimate of drug-likeness (QED) is 0.737. The lowest BCUT2D eigenvalue weighted by Crippen LogP contribution is -2.50. The number of carbonyl (C=O) groups is 1. The van der Waals surface area contributed by atoms with Crippen molar-refractivity contribution in [1.29, 1.82) is 0 Å². The van der Waals surface area contributed by atoms with Crippen LogP contribution in [0.15, 0.2) is 0 Å². The Morgan fingerprint density at radius 1 is 1.24 bits per heavy atom. The SMILES string of the molecule is CC(C)(C)C(=O)N[C@H]1CCC[C@]12CCC[C@@H]2O. The van der Waals surface area contributed by atoms with Crippen LogP contribution in [0.1, 0.15) is 59.3 Å². The van der Waals surface area contributed by atoms with Gasteiger partial charge in [0.05, 0.1) is 6.10 Å². The zero-order chi connectivity index (χ0) is 12.7. The molecule has 2 aliphatic carbocycles. The molecule has 1 spiro atoms. The van der Waals surface area contributed by atoms with E-state index in [9.17, 15) is 9.90 Å². The zero-order valence-electron chi connectivity index (χ0n) is 11.3. The van der Waals surface area contributed by atoms with E-state index in [4.69, 9.17) is 0 Å². The highest BCUT2D eigenvalue weighted by Crippen LogP contribution is 2.50. The third-order valence-electron chi connectivity index (χ3n) is 4.60. The first-order valence-electron chi connectivity index (χ1n) is 6.85. The van der Waals surface area contributed by atoms with Gasteiger partial charge in [-0.2, -0.15) is 0 Å². The van der Waals surface area contributed by atoms with Gasteiger partial charge in [0.15, 0.2) is 0 Å². The summed E-state index contributed by atoms with van der Waals surface area (Å²) < 4.78 is 0. The molecule has 0 heterocycles. The molecular weight excluding hydrogens is 214 g/mol. The molecule has 2 N–H and O–H groups in total. The summed E-state index contributed by atoms with van der Waals surface area (Å²) in [6.07, 6.45) is 6.10. The second-order valence-corrected chi connectivity index (χ2v) is 6.81. The molecule has 1 amide bonds. The Balaban J connectivity index is 2.08. The fourth-order valence-electron chi connectivity index (χ4n) is 3.46. The average Bonchev–Trinajstić information content (AvgIpc) is 2.76. The number of amides is 1. The van der Waals surface area contributed by atoms with E-state index < -0.39 is 0 Å². The van der Waals surface area contributed by atoms with Gasteiger partial charge in [-0.1, -0.05) is 33.6 Å². The Morgan fingerprint density at radius 2 is 1.82 bits per heavy atom. The van der Waals surface area contributed by atoms with Crippen molar-refractivity contribution in [2.75, 3.05) is 0 Å². The molecule has 3 atom stereocenters. The molecule has 2 fully saturated rings. The average molecular weight is 239 g/mol. The van der Waals surface area contributed by atoms with Crippen molar-refractivity contribution < 1.29 is 9.90 Å². The van der Waals surface area contributed by atoms with E-state index in [0.29, 0.717) is 0 Å². The maximum absolute atomic E-state index is 12.1. The molecule has 0 aromatic carbocycles.